The van der Waals surface area contributed by atoms with Gasteiger partial charge < -0.3 is 5.73 Å². The molecule has 3 N–H and O–H groups in total. The van der Waals surface area contributed by atoms with Crippen molar-refractivity contribution >= 4 is 49.6 Å². The number of thiazole rings is 1. The summed E-state index contributed by atoms with van der Waals surface area (Å²) in [6, 6.07) is 3.92. The van der Waals surface area contributed by atoms with Crippen molar-refractivity contribution in [3.05, 3.63) is 33.8 Å². The normalized spacial score (nSPS) is 11.0. The van der Waals surface area contributed by atoms with Gasteiger partial charge in [0.2, 0.25) is 0 Å². The molecule has 0 aliphatic heterocycles. The summed E-state index contributed by atoms with van der Waals surface area (Å²) in [7, 11) is 0. The van der Waals surface area contributed by atoms with Gasteiger partial charge in [-0.1, -0.05) is 13.3 Å². The number of aromatic nitrogens is 2. The molecule has 3 rings (SSSR count). The largest absolute Gasteiger partial charge is 0.397 e. The maximum absolute atomic E-state index is 12.4. The second kappa shape index (κ2) is 6.02. The Morgan fingerprint density at radius 3 is 2.86 bits per heavy atom. The Morgan fingerprint density at radius 2 is 2.18 bits per heavy atom. The van der Waals surface area contributed by atoms with Crippen molar-refractivity contribution in [3.63, 3.8) is 0 Å². The summed E-state index contributed by atoms with van der Waals surface area (Å²) in [5.74, 6) is -0.230. The standard InChI is InChI=1S/C15H16N4OS2/c1-3-4-9-5-6-10-11(16)12(22-14(10)18-9)13(20)19-15-17-8(2)7-21-15/h5-7H,3-4,16H2,1-2H3,(H,17,19,20). The maximum atomic E-state index is 12.4. The van der Waals surface area contributed by atoms with E-state index in [1.54, 1.807) is 0 Å². The minimum atomic E-state index is -0.230. The Bertz CT molecular complexity index is 837. The smallest absolute Gasteiger partial charge is 0.269 e. The molecule has 0 fully saturated rings. The van der Waals surface area contributed by atoms with E-state index in [0.717, 1.165) is 34.4 Å². The van der Waals surface area contributed by atoms with E-state index in [-0.39, 0.29) is 5.91 Å². The van der Waals surface area contributed by atoms with Crippen LogP contribution in [0.2, 0.25) is 0 Å². The lowest BCUT2D eigenvalue weighted by Crippen LogP contribution is -2.11. The highest BCUT2D eigenvalue weighted by atomic mass is 32.1. The van der Waals surface area contributed by atoms with Crippen molar-refractivity contribution < 1.29 is 4.79 Å². The number of pyridine rings is 1. The van der Waals surface area contributed by atoms with Crippen molar-refractivity contribution in [3.8, 4) is 0 Å². The zero-order chi connectivity index (χ0) is 15.7. The van der Waals surface area contributed by atoms with Crippen LogP contribution < -0.4 is 11.1 Å². The van der Waals surface area contributed by atoms with Crippen molar-refractivity contribution in [1.29, 1.82) is 0 Å². The first-order chi connectivity index (χ1) is 10.6. The number of hydrogen-bond acceptors (Lipinski definition) is 6. The summed E-state index contributed by atoms with van der Waals surface area (Å²) >= 11 is 2.73. The first kappa shape index (κ1) is 14.9. The fraction of sp³-hybridized carbons (Fsp3) is 0.267. The fourth-order valence-corrected chi connectivity index (χ4v) is 3.86. The van der Waals surface area contributed by atoms with Crippen LogP contribution in [0.5, 0.6) is 0 Å². The van der Waals surface area contributed by atoms with Gasteiger partial charge in [-0.05, 0) is 25.5 Å². The zero-order valence-electron chi connectivity index (χ0n) is 12.3. The lowest BCUT2D eigenvalue weighted by Gasteiger charge is -2.00. The van der Waals surface area contributed by atoms with Crippen molar-refractivity contribution in [2.24, 2.45) is 0 Å². The maximum Gasteiger partial charge on any atom is 0.269 e. The lowest BCUT2D eigenvalue weighted by atomic mass is 10.2. The van der Waals surface area contributed by atoms with E-state index in [0.29, 0.717) is 15.7 Å². The quantitative estimate of drug-likeness (QED) is 0.760. The number of nitrogens with one attached hydrogen (secondary N) is 1. The van der Waals surface area contributed by atoms with Gasteiger partial charge in [-0.25, -0.2) is 9.97 Å². The molecule has 0 saturated heterocycles. The molecule has 3 heterocycles. The summed E-state index contributed by atoms with van der Waals surface area (Å²) in [4.78, 5) is 22.5. The zero-order valence-corrected chi connectivity index (χ0v) is 14.0. The van der Waals surface area contributed by atoms with Gasteiger partial charge in [0.1, 0.15) is 9.71 Å². The highest BCUT2D eigenvalue weighted by Crippen LogP contribution is 2.33. The number of carbonyl (C=O) groups excluding carboxylic acids is 1. The molecule has 114 valence electrons. The van der Waals surface area contributed by atoms with E-state index >= 15 is 0 Å². The second-order valence-corrected chi connectivity index (χ2v) is 6.86. The number of amides is 1. The fourth-order valence-electron chi connectivity index (χ4n) is 2.16. The Morgan fingerprint density at radius 1 is 1.36 bits per heavy atom. The van der Waals surface area contributed by atoms with E-state index < -0.39 is 0 Å². The van der Waals surface area contributed by atoms with Crippen molar-refractivity contribution in [2.45, 2.75) is 26.7 Å². The molecule has 7 heteroatoms. The number of nitrogens with zero attached hydrogens (tertiary/aromatic N) is 2. The molecule has 0 radical (unpaired) electrons. The molecule has 0 saturated carbocycles. The third kappa shape index (κ3) is 2.82. The number of aryl methyl sites for hydroxylation is 2. The Hall–Kier alpha value is -1.99. The number of nitrogen functional groups attached to an aromatic ring is 1. The molecule has 0 aliphatic carbocycles. The Labute approximate surface area is 136 Å². The molecular weight excluding hydrogens is 316 g/mol. The van der Waals surface area contributed by atoms with Crippen LogP contribution in [0.1, 0.15) is 34.4 Å². The predicted molar refractivity (Wildman–Crippen MR) is 92.8 cm³/mol. The summed E-state index contributed by atoms with van der Waals surface area (Å²) < 4.78 is 0. The molecule has 3 aromatic rings. The predicted octanol–water partition coefficient (Wildman–Crippen LogP) is 3.85. The number of hydrogen-bond donors (Lipinski definition) is 2. The molecule has 0 bridgehead atoms. The Balaban J connectivity index is 1.92. The number of carbonyl (C=O) groups is 1. The number of rotatable bonds is 4. The second-order valence-electron chi connectivity index (χ2n) is 5.00. The third-order valence-corrected chi connectivity index (χ3v) is 5.19. The summed E-state index contributed by atoms with van der Waals surface area (Å²) in [6.45, 7) is 4.00. The van der Waals surface area contributed by atoms with Crippen LogP contribution in [0.25, 0.3) is 10.2 Å². The molecule has 0 aliphatic rings. The average molecular weight is 332 g/mol. The van der Waals surface area contributed by atoms with Crippen molar-refractivity contribution in [2.75, 3.05) is 11.1 Å². The van der Waals surface area contributed by atoms with Gasteiger partial charge in [0.25, 0.3) is 5.91 Å². The van der Waals surface area contributed by atoms with Crippen LogP contribution in [0.4, 0.5) is 10.8 Å². The number of nitrogens with two attached hydrogens (primary N) is 1. The number of anilines is 2. The van der Waals surface area contributed by atoms with Crippen LogP contribution in [-0.4, -0.2) is 15.9 Å². The molecule has 0 unspecified atom stereocenters. The molecule has 0 aromatic carbocycles. The van der Waals surface area contributed by atoms with Gasteiger partial charge >= 0.3 is 0 Å². The van der Waals surface area contributed by atoms with Gasteiger partial charge in [-0.15, -0.1) is 22.7 Å². The summed E-state index contributed by atoms with van der Waals surface area (Å²) in [5.41, 5.74) is 8.51. The van der Waals surface area contributed by atoms with Crippen LogP contribution in [0.15, 0.2) is 17.5 Å². The SMILES string of the molecule is CCCc1ccc2c(N)c(C(=O)Nc3nc(C)cs3)sc2n1. The van der Waals surface area contributed by atoms with Crippen LogP contribution in [0.3, 0.4) is 0 Å². The molecule has 3 aromatic heterocycles. The first-order valence-corrected chi connectivity index (χ1v) is 8.69. The molecule has 22 heavy (non-hydrogen) atoms. The van der Waals surface area contributed by atoms with Crippen molar-refractivity contribution in [1.82, 2.24) is 9.97 Å². The molecular formula is C15H16N4OS2. The lowest BCUT2D eigenvalue weighted by molar-refractivity contribution is 0.103. The van der Waals surface area contributed by atoms with Gasteiger partial charge in [-0.2, -0.15) is 0 Å². The summed E-state index contributed by atoms with van der Waals surface area (Å²) in [6.07, 6.45) is 1.96. The van der Waals surface area contributed by atoms with E-state index in [2.05, 4.69) is 22.2 Å². The molecule has 0 spiro atoms. The first-order valence-electron chi connectivity index (χ1n) is 7.00. The molecule has 5 nitrogen and oxygen atoms in total. The Kier molecular flexibility index (Phi) is 4.08. The number of fused-ring (bicyclic) bond motifs is 1. The van der Waals surface area contributed by atoms with Gasteiger partial charge in [0, 0.05) is 16.5 Å². The topological polar surface area (TPSA) is 80.9 Å². The van der Waals surface area contributed by atoms with Gasteiger partial charge in [0.05, 0.1) is 11.4 Å². The van der Waals surface area contributed by atoms with Crippen LogP contribution in [-0.2, 0) is 6.42 Å². The molecule has 0 atom stereocenters. The van der Waals surface area contributed by atoms with Crippen LogP contribution >= 0.6 is 22.7 Å². The van der Waals surface area contributed by atoms with Crippen LogP contribution in [0, 0.1) is 6.92 Å². The van der Waals surface area contributed by atoms with E-state index in [4.69, 9.17) is 5.73 Å². The molecule has 1 amide bonds. The highest BCUT2D eigenvalue weighted by molar-refractivity contribution is 7.21. The van der Waals surface area contributed by atoms with E-state index in [1.807, 2.05) is 24.4 Å². The van der Waals surface area contributed by atoms with Gasteiger partial charge in [0.15, 0.2) is 5.13 Å². The number of thiophene rings is 1. The minimum Gasteiger partial charge on any atom is -0.397 e. The van der Waals surface area contributed by atoms with E-state index in [1.165, 1.54) is 22.7 Å². The monoisotopic (exact) mass is 332 g/mol. The summed E-state index contributed by atoms with van der Waals surface area (Å²) in [5, 5.41) is 6.10. The average Bonchev–Trinajstić information content (AvgIpc) is 3.03. The van der Waals surface area contributed by atoms with Gasteiger partial charge in [-0.3, -0.25) is 10.1 Å². The highest BCUT2D eigenvalue weighted by Gasteiger charge is 2.18. The minimum absolute atomic E-state index is 0.230. The third-order valence-electron chi connectivity index (χ3n) is 3.20. The van der Waals surface area contributed by atoms with E-state index in [9.17, 15) is 4.79 Å².